The summed E-state index contributed by atoms with van der Waals surface area (Å²) in [7, 11) is 0. The number of pyridine rings is 1. The molecule has 0 radical (unpaired) electrons. The molecule has 1 saturated carbocycles. The molecule has 4 rings (SSSR count). The summed E-state index contributed by atoms with van der Waals surface area (Å²) in [5.74, 6) is 0.840. The van der Waals surface area contributed by atoms with Gasteiger partial charge in [0.25, 0.3) is 0 Å². The van der Waals surface area contributed by atoms with Gasteiger partial charge < -0.3 is 16.0 Å². The highest BCUT2D eigenvalue weighted by Crippen LogP contribution is 2.37. The second kappa shape index (κ2) is 6.50. The Labute approximate surface area is 159 Å². The van der Waals surface area contributed by atoms with Gasteiger partial charge in [-0.05, 0) is 31.7 Å². The van der Waals surface area contributed by atoms with Crippen LogP contribution in [-0.4, -0.2) is 26.0 Å². The molecule has 1 atom stereocenters. The first-order chi connectivity index (χ1) is 13.2. The van der Waals surface area contributed by atoms with E-state index in [2.05, 4.69) is 31.8 Å². The Morgan fingerprint density at radius 1 is 1.29 bits per heavy atom. The number of aromatic nitrogens is 4. The van der Waals surface area contributed by atoms with Crippen molar-refractivity contribution in [2.45, 2.75) is 32.0 Å². The highest BCUT2D eigenvalue weighted by atomic mass is 19.4. The number of nitrogens with zero attached hydrogens (tertiary/aromatic N) is 3. The van der Waals surface area contributed by atoms with Gasteiger partial charge >= 0.3 is 6.18 Å². The number of rotatable bonds is 4. The van der Waals surface area contributed by atoms with Crippen LogP contribution >= 0.6 is 0 Å². The molecule has 146 valence electrons. The molecule has 0 aromatic carbocycles. The lowest BCUT2D eigenvalue weighted by molar-refractivity contribution is -0.137. The molecule has 3 aromatic heterocycles. The molecule has 1 fully saturated rings. The van der Waals surface area contributed by atoms with Crippen molar-refractivity contribution in [3.05, 3.63) is 42.4 Å². The Bertz CT molecular complexity index is 1050. The summed E-state index contributed by atoms with van der Waals surface area (Å²) in [6, 6.07) is 1.19. The number of nitrogens with two attached hydrogens (primary N) is 1. The van der Waals surface area contributed by atoms with Crippen LogP contribution in [-0.2, 0) is 6.18 Å². The minimum absolute atomic E-state index is 0.142. The van der Waals surface area contributed by atoms with Crippen molar-refractivity contribution in [1.29, 1.82) is 0 Å². The number of anilines is 2. The summed E-state index contributed by atoms with van der Waals surface area (Å²) in [4.78, 5) is 15.4. The molecule has 0 saturated heterocycles. The monoisotopic (exact) mass is 388 g/mol. The summed E-state index contributed by atoms with van der Waals surface area (Å²) >= 11 is 0. The fourth-order valence-electron chi connectivity index (χ4n) is 3.39. The van der Waals surface area contributed by atoms with Crippen molar-refractivity contribution in [2.24, 2.45) is 5.92 Å². The van der Waals surface area contributed by atoms with Gasteiger partial charge in [0.15, 0.2) is 0 Å². The van der Waals surface area contributed by atoms with Gasteiger partial charge in [0.2, 0.25) is 5.95 Å². The molecule has 1 aliphatic rings. The predicted octanol–water partition coefficient (Wildman–Crippen LogP) is 4.39. The van der Waals surface area contributed by atoms with Crippen LogP contribution in [0, 0.1) is 5.92 Å². The molecule has 6 nitrogen and oxygen atoms in total. The average Bonchev–Trinajstić information content (AvgIpc) is 3.03. The maximum Gasteiger partial charge on any atom is 0.417 e. The van der Waals surface area contributed by atoms with Crippen LogP contribution in [0.5, 0.6) is 0 Å². The van der Waals surface area contributed by atoms with Crippen LogP contribution in [0.1, 0.15) is 25.3 Å². The van der Waals surface area contributed by atoms with Crippen molar-refractivity contribution >= 4 is 22.7 Å². The van der Waals surface area contributed by atoms with Gasteiger partial charge in [-0.25, -0.2) is 15.0 Å². The second-order valence-corrected chi connectivity index (χ2v) is 7.17. The lowest BCUT2D eigenvalue weighted by atomic mass is 9.77. The van der Waals surface area contributed by atoms with Crippen LogP contribution in [0.25, 0.3) is 22.3 Å². The highest BCUT2D eigenvalue weighted by molar-refractivity contribution is 5.95. The predicted molar refractivity (Wildman–Crippen MR) is 101 cm³/mol. The molecule has 0 spiro atoms. The standard InChI is InChI=1S/C19H19F3N6/c1-9-3-11(4-9)10(2)27-18-26-8-15(23)16(28-18)14-7-25-17-13(14)5-12(6-24-17)19(20,21)22/h5-8,10-11H,1,3-4,23H2,2H3,(H,24,25)(H,26,27,28). The van der Waals surface area contributed by atoms with E-state index in [1.165, 1.54) is 11.8 Å². The first-order valence-corrected chi connectivity index (χ1v) is 8.83. The molecule has 0 aliphatic heterocycles. The zero-order valence-electron chi connectivity index (χ0n) is 15.1. The topological polar surface area (TPSA) is 92.5 Å². The number of alkyl halides is 3. The van der Waals surface area contributed by atoms with E-state index in [9.17, 15) is 13.2 Å². The minimum atomic E-state index is -4.48. The Morgan fingerprint density at radius 3 is 2.71 bits per heavy atom. The van der Waals surface area contributed by atoms with Gasteiger partial charge in [0.05, 0.1) is 17.4 Å². The number of fused-ring (bicyclic) bond motifs is 1. The van der Waals surface area contributed by atoms with Crippen LogP contribution in [0.15, 0.2) is 36.8 Å². The van der Waals surface area contributed by atoms with Crippen LogP contribution in [0.2, 0.25) is 0 Å². The van der Waals surface area contributed by atoms with Crippen molar-refractivity contribution in [3.63, 3.8) is 0 Å². The summed E-state index contributed by atoms with van der Waals surface area (Å²) in [6.07, 6.45) is 1.25. The number of nitrogens with one attached hydrogen (secondary N) is 2. The number of allylic oxidation sites excluding steroid dienone is 1. The fraction of sp³-hybridized carbons (Fsp3) is 0.316. The molecular weight excluding hydrogens is 369 g/mol. The highest BCUT2D eigenvalue weighted by Gasteiger charge is 2.32. The molecule has 3 aromatic rings. The summed E-state index contributed by atoms with van der Waals surface area (Å²) in [6.45, 7) is 5.99. The summed E-state index contributed by atoms with van der Waals surface area (Å²) < 4.78 is 39.2. The Balaban J connectivity index is 1.69. The SMILES string of the molecule is C=C1CC(C(C)Nc2ncc(N)c(-c3c[nH]c4ncc(C(F)(F)F)cc34)n2)C1. The van der Waals surface area contributed by atoms with Gasteiger partial charge in [-0.2, -0.15) is 13.2 Å². The van der Waals surface area contributed by atoms with Crippen LogP contribution < -0.4 is 11.1 Å². The largest absolute Gasteiger partial charge is 0.417 e. The third-order valence-corrected chi connectivity index (χ3v) is 5.10. The third-order valence-electron chi connectivity index (χ3n) is 5.10. The van der Waals surface area contributed by atoms with E-state index in [-0.39, 0.29) is 11.7 Å². The molecular formula is C19H19F3N6. The molecule has 1 unspecified atom stereocenters. The van der Waals surface area contributed by atoms with E-state index in [0.29, 0.717) is 34.2 Å². The first kappa shape index (κ1) is 18.3. The quantitative estimate of drug-likeness (QED) is 0.577. The van der Waals surface area contributed by atoms with E-state index in [4.69, 9.17) is 5.73 Å². The van der Waals surface area contributed by atoms with Gasteiger partial charge in [0, 0.05) is 29.4 Å². The number of nitrogen functional groups attached to an aromatic ring is 1. The maximum absolute atomic E-state index is 13.1. The normalized spacial score (nSPS) is 16.2. The number of H-pyrrole nitrogens is 1. The van der Waals surface area contributed by atoms with Crippen molar-refractivity contribution in [2.75, 3.05) is 11.1 Å². The first-order valence-electron chi connectivity index (χ1n) is 8.83. The number of hydrogen-bond donors (Lipinski definition) is 3. The van der Waals surface area contributed by atoms with Crippen LogP contribution in [0.4, 0.5) is 24.8 Å². The number of hydrogen-bond acceptors (Lipinski definition) is 5. The minimum Gasteiger partial charge on any atom is -0.396 e. The van der Waals surface area contributed by atoms with E-state index in [1.54, 1.807) is 6.20 Å². The van der Waals surface area contributed by atoms with Gasteiger partial charge in [-0.3, -0.25) is 0 Å². The van der Waals surface area contributed by atoms with E-state index in [1.807, 2.05) is 6.92 Å². The Hall–Kier alpha value is -3.10. The average molecular weight is 388 g/mol. The Kier molecular flexibility index (Phi) is 4.24. The lowest BCUT2D eigenvalue weighted by Crippen LogP contribution is -2.32. The van der Waals surface area contributed by atoms with Crippen molar-refractivity contribution in [3.8, 4) is 11.3 Å². The Morgan fingerprint density at radius 2 is 2.04 bits per heavy atom. The van der Waals surface area contributed by atoms with Crippen molar-refractivity contribution in [1.82, 2.24) is 19.9 Å². The van der Waals surface area contributed by atoms with Gasteiger partial charge in [0.1, 0.15) is 11.3 Å². The molecule has 9 heteroatoms. The molecule has 3 heterocycles. The smallest absolute Gasteiger partial charge is 0.396 e. The summed E-state index contributed by atoms with van der Waals surface area (Å²) in [5.41, 5.74) is 7.82. The fourth-order valence-corrected chi connectivity index (χ4v) is 3.39. The molecule has 28 heavy (non-hydrogen) atoms. The molecule has 0 bridgehead atoms. The van der Waals surface area contributed by atoms with Gasteiger partial charge in [-0.1, -0.05) is 12.2 Å². The lowest BCUT2D eigenvalue weighted by Gasteiger charge is -2.34. The second-order valence-electron chi connectivity index (χ2n) is 7.17. The zero-order chi connectivity index (χ0) is 20.1. The third kappa shape index (κ3) is 3.28. The van der Waals surface area contributed by atoms with E-state index >= 15 is 0 Å². The van der Waals surface area contributed by atoms with E-state index < -0.39 is 11.7 Å². The molecule has 4 N–H and O–H groups in total. The molecule has 0 amide bonds. The number of aromatic amines is 1. The number of halogens is 3. The zero-order valence-corrected chi connectivity index (χ0v) is 15.1. The van der Waals surface area contributed by atoms with Crippen LogP contribution in [0.3, 0.4) is 0 Å². The summed E-state index contributed by atoms with van der Waals surface area (Å²) in [5, 5.41) is 3.55. The van der Waals surface area contributed by atoms with Crippen molar-refractivity contribution < 1.29 is 13.2 Å². The van der Waals surface area contributed by atoms with Gasteiger partial charge in [-0.15, -0.1) is 0 Å². The van der Waals surface area contributed by atoms with E-state index in [0.717, 1.165) is 25.1 Å². The molecule has 1 aliphatic carbocycles. The maximum atomic E-state index is 13.1.